The molecule has 2 amide bonds. The largest absolute Gasteiger partial charge is 0.321 e. The highest BCUT2D eigenvalue weighted by atomic mass is 16.2. The number of nitrogens with one attached hydrogen (secondary N) is 3. The van der Waals surface area contributed by atoms with E-state index in [1.165, 1.54) is 16.8 Å². The molecule has 0 saturated carbocycles. The smallest absolute Gasteiger partial charge is 0.271 e. The molecule has 9 nitrogen and oxygen atoms in total. The SMILES string of the molecule is CCCCn1c(=O)c2c/c(=C/NNC(=O)c3ccccc3NC(=O)c3ccccc3)c(=O)c3cccc(c3-2)c1=O. The molecule has 0 fully saturated rings. The van der Waals surface area contributed by atoms with Crippen molar-refractivity contribution in [1.29, 1.82) is 0 Å². The van der Waals surface area contributed by atoms with Gasteiger partial charge in [0.2, 0.25) is 0 Å². The molecule has 3 aromatic carbocycles. The van der Waals surface area contributed by atoms with Crippen LogP contribution in [0.5, 0.6) is 0 Å². The molecule has 5 rings (SSSR count). The van der Waals surface area contributed by atoms with Crippen LogP contribution in [0.2, 0.25) is 0 Å². The molecule has 0 unspecified atom stereocenters. The molecule has 1 aliphatic heterocycles. The molecule has 0 saturated heterocycles. The van der Waals surface area contributed by atoms with Crippen LogP contribution in [0.15, 0.2) is 93.2 Å². The highest BCUT2D eigenvalue weighted by molar-refractivity contribution is 6.09. The number of carbonyl (C=O) groups excluding carboxylic acids is 2. The summed E-state index contributed by atoms with van der Waals surface area (Å²) in [7, 11) is 0. The van der Waals surface area contributed by atoms with Crippen molar-refractivity contribution >= 4 is 34.5 Å². The maximum atomic E-state index is 13.2. The number of pyridine rings is 1. The molecule has 0 spiro atoms. The van der Waals surface area contributed by atoms with Crippen LogP contribution in [0, 0.1) is 0 Å². The molecule has 1 aliphatic carbocycles. The van der Waals surface area contributed by atoms with Crippen LogP contribution in [-0.4, -0.2) is 16.4 Å². The summed E-state index contributed by atoms with van der Waals surface area (Å²) in [5, 5.41) is 3.46. The molecule has 2 aliphatic rings. The van der Waals surface area contributed by atoms with Crippen molar-refractivity contribution in [1.82, 2.24) is 15.4 Å². The van der Waals surface area contributed by atoms with Gasteiger partial charge in [-0.05, 0) is 42.8 Å². The van der Waals surface area contributed by atoms with Gasteiger partial charge in [-0.2, -0.15) is 0 Å². The number of hydrazine groups is 1. The molecule has 200 valence electrons. The molecule has 0 bridgehead atoms. The number of hydrogen-bond acceptors (Lipinski definition) is 6. The summed E-state index contributed by atoms with van der Waals surface area (Å²) in [6.07, 6.45) is 2.78. The van der Waals surface area contributed by atoms with Gasteiger partial charge in [-0.25, -0.2) is 0 Å². The number of rotatable bonds is 8. The molecule has 0 aromatic heterocycles. The maximum absolute atomic E-state index is 13.2. The zero-order valence-electron chi connectivity index (χ0n) is 21.7. The summed E-state index contributed by atoms with van der Waals surface area (Å²) in [5.74, 6) is -0.915. The summed E-state index contributed by atoms with van der Waals surface area (Å²) < 4.78 is 1.21. The van der Waals surface area contributed by atoms with E-state index in [1.54, 1.807) is 72.8 Å². The van der Waals surface area contributed by atoms with Crippen molar-refractivity contribution in [3.63, 3.8) is 0 Å². The Morgan fingerprint density at radius 2 is 1.55 bits per heavy atom. The number of unbranched alkanes of at least 4 members (excludes halogenated alkanes) is 1. The van der Waals surface area contributed by atoms with E-state index in [4.69, 9.17) is 0 Å². The molecular weight excluding hydrogens is 508 g/mol. The van der Waals surface area contributed by atoms with Crippen LogP contribution < -0.4 is 37.9 Å². The van der Waals surface area contributed by atoms with Gasteiger partial charge in [0.1, 0.15) is 0 Å². The minimum Gasteiger partial charge on any atom is -0.321 e. The average molecular weight is 535 g/mol. The van der Waals surface area contributed by atoms with Gasteiger partial charge in [0, 0.05) is 45.4 Å². The van der Waals surface area contributed by atoms with Crippen molar-refractivity contribution in [2.45, 2.75) is 26.3 Å². The minimum absolute atomic E-state index is 0.142. The lowest BCUT2D eigenvalue weighted by Crippen LogP contribution is -2.40. The van der Waals surface area contributed by atoms with E-state index < -0.39 is 17.0 Å². The van der Waals surface area contributed by atoms with Crippen molar-refractivity contribution < 1.29 is 9.59 Å². The normalized spacial score (nSPS) is 11.6. The average Bonchev–Trinajstić information content (AvgIpc) is 2.98. The Balaban J connectivity index is 1.45. The summed E-state index contributed by atoms with van der Waals surface area (Å²) >= 11 is 0. The maximum Gasteiger partial charge on any atom is 0.271 e. The van der Waals surface area contributed by atoms with E-state index in [-0.39, 0.29) is 39.6 Å². The van der Waals surface area contributed by atoms with Gasteiger partial charge in [-0.1, -0.05) is 55.8 Å². The van der Waals surface area contributed by atoms with Crippen molar-refractivity contribution in [3.05, 3.63) is 126 Å². The number of carbonyl (C=O) groups is 2. The number of anilines is 1. The second kappa shape index (κ2) is 11.2. The summed E-state index contributed by atoms with van der Waals surface area (Å²) in [5.41, 5.74) is 5.46. The van der Waals surface area contributed by atoms with E-state index in [2.05, 4.69) is 16.2 Å². The first-order valence-corrected chi connectivity index (χ1v) is 12.9. The lowest BCUT2D eigenvalue weighted by atomic mass is 9.95. The fourth-order valence-electron chi connectivity index (χ4n) is 4.66. The molecule has 0 atom stereocenters. The number of aromatic nitrogens is 1. The standard InChI is InChI=1S/C31H26N4O5/c1-2-3-16-35-30(39)23-14-9-13-22-26(23)24(31(35)40)17-20(27(22)36)18-32-34-29(38)21-12-7-8-15-25(21)33-28(37)19-10-5-4-6-11-19/h4-15,17-18,32H,2-3,16H2,1H3,(H,33,37)(H,34,38)/b20-18-. The van der Waals surface area contributed by atoms with Gasteiger partial charge in [0.15, 0.2) is 5.43 Å². The molecule has 0 radical (unpaired) electrons. The third-order valence-corrected chi connectivity index (χ3v) is 6.70. The first-order valence-electron chi connectivity index (χ1n) is 12.9. The third kappa shape index (κ3) is 4.92. The number of amides is 2. The number of nitrogens with zero attached hydrogens (tertiary/aromatic N) is 1. The summed E-state index contributed by atoms with van der Waals surface area (Å²) in [6.45, 7) is 2.26. The zero-order chi connectivity index (χ0) is 28.2. The van der Waals surface area contributed by atoms with Gasteiger partial charge in [-0.3, -0.25) is 34.0 Å². The van der Waals surface area contributed by atoms with Crippen LogP contribution in [0.25, 0.3) is 28.1 Å². The Hall–Kier alpha value is -5.31. The molecular formula is C31H26N4O5. The van der Waals surface area contributed by atoms with E-state index in [1.807, 2.05) is 6.92 Å². The molecule has 9 heteroatoms. The number of hydrogen-bond donors (Lipinski definition) is 3. The molecule has 3 aromatic rings. The second-order valence-corrected chi connectivity index (χ2v) is 9.29. The monoisotopic (exact) mass is 534 g/mol. The first-order chi connectivity index (χ1) is 19.4. The quantitative estimate of drug-likeness (QED) is 0.263. The number of para-hydroxylation sites is 1. The Morgan fingerprint density at radius 1 is 0.825 bits per heavy atom. The third-order valence-electron chi connectivity index (χ3n) is 6.70. The van der Waals surface area contributed by atoms with E-state index in [9.17, 15) is 24.0 Å². The Morgan fingerprint density at radius 3 is 2.33 bits per heavy atom. The minimum atomic E-state index is -0.551. The van der Waals surface area contributed by atoms with Crippen molar-refractivity contribution in [2.75, 3.05) is 5.32 Å². The fraction of sp³-hybridized carbons (Fsp3) is 0.129. The van der Waals surface area contributed by atoms with Crippen LogP contribution in [0.4, 0.5) is 5.69 Å². The van der Waals surface area contributed by atoms with E-state index in [0.717, 1.165) is 6.42 Å². The van der Waals surface area contributed by atoms with Crippen LogP contribution in [0.3, 0.4) is 0 Å². The van der Waals surface area contributed by atoms with Crippen molar-refractivity contribution in [3.8, 4) is 11.1 Å². The molecule has 3 N–H and O–H groups in total. The molecule has 1 heterocycles. The molecule has 40 heavy (non-hydrogen) atoms. The van der Waals surface area contributed by atoms with Crippen LogP contribution >= 0.6 is 0 Å². The van der Waals surface area contributed by atoms with Crippen LogP contribution in [0.1, 0.15) is 40.5 Å². The highest BCUT2D eigenvalue weighted by Gasteiger charge is 2.21. The Bertz CT molecular complexity index is 1920. The van der Waals surface area contributed by atoms with Gasteiger partial charge in [0.05, 0.1) is 11.3 Å². The Kier molecular flexibility index (Phi) is 7.37. The fourth-order valence-corrected chi connectivity index (χ4v) is 4.66. The summed E-state index contributed by atoms with van der Waals surface area (Å²) in [4.78, 5) is 65.0. The highest BCUT2D eigenvalue weighted by Crippen LogP contribution is 2.24. The van der Waals surface area contributed by atoms with E-state index >= 15 is 0 Å². The summed E-state index contributed by atoms with van der Waals surface area (Å²) in [6, 6.07) is 21.4. The van der Waals surface area contributed by atoms with Crippen LogP contribution in [-0.2, 0) is 6.54 Å². The predicted octanol–water partition coefficient (Wildman–Crippen LogP) is 2.71. The van der Waals surface area contributed by atoms with Gasteiger partial charge < -0.3 is 10.7 Å². The number of benzene rings is 4. The predicted molar refractivity (Wildman–Crippen MR) is 155 cm³/mol. The lowest BCUT2D eigenvalue weighted by Gasteiger charge is -2.14. The topological polar surface area (TPSA) is 126 Å². The van der Waals surface area contributed by atoms with Gasteiger partial charge >= 0.3 is 0 Å². The zero-order valence-corrected chi connectivity index (χ0v) is 21.7. The Labute approximate surface area is 228 Å². The lowest BCUT2D eigenvalue weighted by molar-refractivity contribution is 0.0944. The second-order valence-electron chi connectivity index (χ2n) is 9.29. The van der Waals surface area contributed by atoms with Gasteiger partial charge in [-0.15, -0.1) is 0 Å². The van der Waals surface area contributed by atoms with Gasteiger partial charge in [0.25, 0.3) is 22.9 Å². The first kappa shape index (κ1) is 26.3. The van der Waals surface area contributed by atoms with Crippen molar-refractivity contribution in [2.24, 2.45) is 0 Å². The van der Waals surface area contributed by atoms with E-state index in [0.29, 0.717) is 28.6 Å².